The van der Waals surface area contributed by atoms with Crippen LogP contribution in [0.15, 0.2) is 34.4 Å². The zero-order valence-corrected chi connectivity index (χ0v) is 11.4. The fourth-order valence-electron chi connectivity index (χ4n) is 1.87. The number of carboxylic acids is 1. The summed E-state index contributed by atoms with van der Waals surface area (Å²) in [5.74, 6) is -0.867. The smallest absolute Gasteiger partial charge is 0.307 e. The Morgan fingerprint density at radius 3 is 2.65 bits per heavy atom. The van der Waals surface area contributed by atoms with Gasteiger partial charge in [0.15, 0.2) is 0 Å². The molecule has 0 bridgehead atoms. The largest absolute Gasteiger partial charge is 0.481 e. The van der Waals surface area contributed by atoms with Gasteiger partial charge in [-0.1, -0.05) is 23.5 Å². The number of benzene rings is 1. The summed E-state index contributed by atoms with van der Waals surface area (Å²) in [4.78, 5) is 22.2. The summed E-state index contributed by atoms with van der Waals surface area (Å²) in [7, 11) is 0. The molecule has 0 radical (unpaired) electrons. The highest BCUT2D eigenvalue weighted by atomic mass is 32.1. The van der Waals surface area contributed by atoms with Crippen LogP contribution in [0.25, 0.3) is 11.3 Å². The molecule has 1 aromatic heterocycles. The number of hydrogen-bond acceptors (Lipinski definition) is 4. The lowest BCUT2D eigenvalue weighted by atomic mass is 10.1. The topological polar surface area (TPSA) is 83.1 Å². The first-order valence-electron chi connectivity index (χ1n) is 6.02. The maximum absolute atomic E-state index is 11.8. The lowest BCUT2D eigenvalue weighted by Gasteiger charge is -2.07. The van der Waals surface area contributed by atoms with Gasteiger partial charge in [0.1, 0.15) is 0 Å². The number of thiazole rings is 1. The molecule has 102 valence electrons. The van der Waals surface area contributed by atoms with Gasteiger partial charge in [0, 0.05) is 18.3 Å². The van der Waals surface area contributed by atoms with E-state index in [2.05, 4.69) is 0 Å². The zero-order chi connectivity index (χ0) is 14.5. The monoisotopic (exact) mass is 288 g/mol. The predicted molar refractivity (Wildman–Crippen MR) is 75.6 cm³/mol. The van der Waals surface area contributed by atoms with Crippen LogP contribution in [0.5, 0.6) is 0 Å². The van der Waals surface area contributed by atoms with Crippen LogP contribution in [-0.2, 0) is 11.3 Å². The van der Waals surface area contributed by atoms with Gasteiger partial charge in [-0.25, -0.2) is 0 Å². The molecule has 1 N–H and O–H groups in total. The fourth-order valence-corrected chi connectivity index (χ4v) is 2.66. The number of aliphatic carboxylic acids is 1. The summed E-state index contributed by atoms with van der Waals surface area (Å²) in [6, 6.07) is 9.00. The Labute approximate surface area is 119 Å². The van der Waals surface area contributed by atoms with Crippen LogP contribution in [0.2, 0.25) is 0 Å². The second-order valence-electron chi connectivity index (χ2n) is 4.22. The van der Waals surface area contributed by atoms with Crippen molar-refractivity contribution >= 4 is 17.3 Å². The van der Waals surface area contributed by atoms with Crippen molar-refractivity contribution in [2.45, 2.75) is 19.4 Å². The summed E-state index contributed by atoms with van der Waals surface area (Å²) in [6.45, 7) is 0.379. The SMILES string of the molecule is N#Cc1ccc(-c2csc(=O)n2CCCC(=O)O)cc1. The van der Waals surface area contributed by atoms with Crippen LogP contribution in [0, 0.1) is 11.3 Å². The van der Waals surface area contributed by atoms with Crippen molar-refractivity contribution in [3.05, 3.63) is 44.9 Å². The molecule has 0 aliphatic heterocycles. The Balaban J connectivity index is 2.25. The molecule has 0 fully saturated rings. The Hall–Kier alpha value is -2.39. The molecule has 0 aliphatic rings. The first-order valence-corrected chi connectivity index (χ1v) is 6.90. The zero-order valence-electron chi connectivity index (χ0n) is 10.6. The predicted octanol–water partition coefficient (Wildman–Crippen LogP) is 2.31. The standard InChI is InChI=1S/C14H12N2O3S/c15-8-10-3-5-11(6-4-10)12-9-20-14(19)16(12)7-1-2-13(17)18/h3-6,9H,1-2,7H2,(H,17,18). The second kappa shape index (κ2) is 6.17. The van der Waals surface area contributed by atoms with Gasteiger partial charge in [0.25, 0.3) is 0 Å². The van der Waals surface area contributed by atoms with E-state index in [0.29, 0.717) is 18.5 Å². The van der Waals surface area contributed by atoms with Gasteiger partial charge in [-0.15, -0.1) is 0 Å². The molecule has 20 heavy (non-hydrogen) atoms. The molecule has 0 saturated heterocycles. The summed E-state index contributed by atoms with van der Waals surface area (Å²) >= 11 is 1.09. The van der Waals surface area contributed by atoms with E-state index in [1.807, 2.05) is 6.07 Å². The van der Waals surface area contributed by atoms with Crippen LogP contribution < -0.4 is 4.87 Å². The third-order valence-corrected chi connectivity index (χ3v) is 3.63. The molecule has 5 nitrogen and oxygen atoms in total. The van der Waals surface area contributed by atoms with Crippen molar-refractivity contribution in [1.29, 1.82) is 5.26 Å². The van der Waals surface area contributed by atoms with Crippen molar-refractivity contribution in [1.82, 2.24) is 4.57 Å². The number of carbonyl (C=O) groups is 1. The van der Waals surface area contributed by atoms with E-state index in [1.54, 1.807) is 34.2 Å². The molecule has 1 heterocycles. The Kier molecular flexibility index (Phi) is 4.33. The van der Waals surface area contributed by atoms with Crippen molar-refractivity contribution in [2.75, 3.05) is 0 Å². The van der Waals surface area contributed by atoms with Crippen LogP contribution in [0.3, 0.4) is 0 Å². The first kappa shape index (κ1) is 14.0. The molecule has 1 aromatic carbocycles. The van der Waals surface area contributed by atoms with Crippen LogP contribution in [0.4, 0.5) is 0 Å². The number of nitrogens with zero attached hydrogens (tertiary/aromatic N) is 2. The van der Waals surface area contributed by atoms with E-state index >= 15 is 0 Å². The summed E-state index contributed by atoms with van der Waals surface area (Å²) in [5, 5.41) is 19.2. The second-order valence-corrected chi connectivity index (χ2v) is 5.05. The number of rotatable bonds is 5. The molecule has 2 aromatic rings. The quantitative estimate of drug-likeness (QED) is 0.915. The van der Waals surface area contributed by atoms with E-state index in [1.165, 1.54) is 0 Å². The summed E-state index contributed by atoms with van der Waals surface area (Å²) in [6.07, 6.45) is 0.449. The maximum Gasteiger partial charge on any atom is 0.307 e. The van der Waals surface area contributed by atoms with Gasteiger partial charge >= 0.3 is 10.8 Å². The molecule has 0 unspecified atom stereocenters. The van der Waals surface area contributed by atoms with Gasteiger partial charge in [-0.05, 0) is 24.1 Å². The molecule has 0 aliphatic carbocycles. The molecular weight excluding hydrogens is 276 g/mol. The Morgan fingerprint density at radius 1 is 1.35 bits per heavy atom. The molecule has 0 amide bonds. The average molecular weight is 288 g/mol. The van der Waals surface area contributed by atoms with Crippen molar-refractivity contribution in [3.63, 3.8) is 0 Å². The Morgan fingerprint density at radius 2 is 2.05 bits per heavy atom. The third-order valence-electron chi connectivity index (χ3n) is 2.86. The van der Waals surface area contributed by atoms with Crippen molar-refractivity contribution in [2.24, 2.45) is 0 Å². The van der Waals surface area contributed by atoms with Gasteiger partial charge in [0.05, 0.1) is 17.3 Å². The minimum atomic E-state index is -0.867. The van der Waals surface area contributed by atoms with Crippen molar-refractivity contribution < 1.29 is 9.90 Å². The van der Waals surface area contributed by atoms with E-state index in [0.717, 1.165) is 22.6 Å². The first-order chi connectivity index (χ1) is 9.61. The van der Waals surface area contributed by atoms with E-state index in [9.17, 15) is 9.59 Å². The number of nitriles is 1. The lowest BCUT2D eigenvalue weighted by Crippen LogP contribution is -2.15. The summed E-state index contributed by atoms with van der Waals surface area (Å²) in [5.41, 5.74) is 2.16. The highest BCUT2D eigenvalue weighted by Gasteiger charge is 2.09. The maximum atomic E-state index is 11.8. The number of hydrogen-bond donors (Lipinski definition) is 1. The van der Waals surface area contributed by atoms with Gasteiger partial charge < -0.3 is 5.11 Å². The fraction of sp³-hybridized carbons (Fsp3) is 0.214. The average Bonchev–Trinajstić information content (AvgIpc) is 2.80. The normalized spacial score (nSPS) is 10.2. The molecule has 0 spiro atoms. The third kappa shape index (κ3) is 3.13. The molecule has 6 heteroatoms. The minimum absolute atomic E-state index is 0.0368. The molecule has 2 rings (SSSR count). The van der Waals surface area contributed by atoms with Gasteiger partial charge in [0.2, 0.25) is 0 Å². The number of carboxylic acid groups (broad SMARTS) is 1. The van der Waals surface area contributed by atoms with E-state index < -0.39 is 5.97 Å². The molecular formula is C14H12N2O3S. The van der Waals surface area contributed by atoms with E-state index in [-0.39, 0.29) is 11.3 Å². The molecule has 0 atom stereocenters. The highest BCUT2D eigenvalue weighted by Crippen LogP contribution is 2.21. The highest BCUT2D eigenvalue weighted by molar-refractivity contribution is 7.07. The minimum Gasteiger partial charge on any atom is -0.481 e. The van der Waals surface area contributed by atoms with Crippen LogP contribution in [0.1, 0.15) is 18.4 Å². The van der Waals surface area contributed by atoms with E-state index in [4.69, 9.17) is 10.4 Å². The lowest BCUT2D eigenvalue weighted by molar-refractivity contribution is -0.137. The van der Waals surface area contributed by atoms with Gasteiger partial charge in [-0.2, -0.15) is 5.26 Å². The Bertz CT molecular complexity index is 707. The van der Waals surface area contributed by atoms with Crippen LogP contribution in [-0.4, -0.2) is 15.6 Å². The van der Waals surface area contributed by atoms with Gasteiger partial charge in [-0.3, -0.25) is 14.2 Å². The summed E-state index contributed by atoms with van der Waals surface area (Å²) < 4.78 is 1.58. The van der Waals surface area contributed by atoms with Crippen molar-refractivity contribution in [3.8, 4) is 17.3 Å². The number of aromatic nitrogens is 1. The van der Waals surface area contributed by atoms with Crippen LogP contribution >= 0.6 is 11.3 Å². The molecule has 0 saturated carbocycles.